The summed E-state index contributed by atoms with van der Waals surface area (Å²) in [5.74, 6) is 0.0126. The summed E-state index contributed by atoms with van der Waals surface area (Å²) in [4.78, 5) is 4.10. The molecule has 0 amide bonds. The molecule has 0 fully saturated rings. The molecule has 0 N–H and O–H groups in total. The van der Waals surface area contributed by atoms with Gasteiger partial charge in [0.25, 0.3) is 0 Å². The fourth-order valence-electron chi connectivity index (χ4n) is 1.98. The monoisotopic (exact) mass is 359 g/mol. The van der Waals surface area contributed by atoms with E-state index in [0.29, 0.717) is 21.7 Å². The van der Waals surface area contributed by atoms with Crippen molar-refractivity contribution in [2.24, 2.45) is 0 Å². The summed E-state index contributed by atoms with van der Waals surface area (Å²) in [7, 11) is 0. The molecule has 1 atom stereocenters. The Kier molecular flexibility index (Phi) is 4.27. The van der Waals surface area contributed by atoms with Gasteiger partial charge in [0.05, 0.1) is 16.7 Å². The summed E-state index contributed by atoms with van der Waals surface area (Å²) in [5, 5.41) is 0.482. The summed E-state index contributed by atoms with van der Waals surface area (Å²) >= 11 is 4.23. The van der Waals surface area contributed by atoms with Gasteiger partial charge < -0.3 is 8.97 Å². The third-order valence-electron chi connectivity index (χ3n) is 3.10. The summed E-state index contributed by atoms with van der Waals surface area (Å²) in [6, 6.07) is 9.33. The largest absolute Gasteiger partial charge is 0.607 e. The van der Waals surface area contributed by atoms with Crippen molar-refractivity contribution in [1.29, 1.82) is 0 Å². The van der Waals surface area contributed by atoms with Crippen molar-refractivity contribution in [3.8, 4) is 0 Å². The molecule has 3 rings (SSSR count). The zero-order valence-corrected chi connectivity index (χ0v) is 13.0. The van der Waals surface area contributed by atoms with E-state index in [1.54, 1.807) is 18.2 Å². The molecule has 1 heterocycles. The van der Waals surface area contributed by atoms with Crippen molar-refractivity contribution in [2.45, 2.75) is 17.2 Å². The van der Waals surface area contributed by atoms with Gasteiger partial charge in [0.15, 0.2) is 5.58 Å². The first kappa shape index (κ1) is 16.2. The maximum atomic E-state index is 12.5. The van der Waals surface area contributed by atoms with Gasteiger partial charge in [-0.05, 0) is 24.3 Å². The Labute approximate surface area is 137 Å². The highest BCUT2D eigenvalue weighted by Crippen LogP contribution is 2.30. The standard InChI is InChI=1S/C15H9ClF3NO2S/c16-11-5-6-12-13(7-11)22-14(20-12)23(21)8-9-1-3-10(4-2-9)15(17,18)19/h1-7H,8H2. The quantitative estimate of drug-likeness (QED) is 0.631. The molecule has 2 aromatic carbocycles. The lowest BCUT2D eigenvalue weighted by Gasteiger charge is -2.08. The lowest BCUT2D eigenvalue weighted by Crippen LogP contribution is -2.07. The van der Waals surface area contributed by atoms with E-state index in [9.17, 15) is 17.7 Å². The van der Waals surface area contributed by atoms with Crippen LogP contribution in [0.15, 0.2) is 52.1 Å². The number of aromatic nitrogens is 1. The second-order valence-corrected chi connectivity index (χ2v) is 6.54. The molecule has 0 aliphatic rings. The van der Waals surface area contributed by atoms with Gasteiger partial charge in [-0.15, -0.1) is 0 Å². The SMILES string of the molecule is [O-][S+](Cc1ccc(C(F)(F)F)cc1)c1nc2ccc(Cl)cc2o1. The smallest absolute Gasteiger partial charge is 0.416 e. The molecule has 0 spiro atoms. The predicted octanol–water partition coefficient (Wildman–Crippen LogP) is 4.81. The number of nitrogens with zero attached hydrogens (tertiary/aromatic N) is 1. The third kappa shape index (κ3) is 3.63. The van der Waals surface area contributed by atoms with Crippen LogP contribution in [0.25, 0.3) is 11.1 Å². The van der Waals surface area contributed by atoms with Gasteiger partial charge in [0.2, 0.25) is 0 Å². The molecule has 120 valence electrons. The summed E-state index contributed by atoms with van der Waals surface area (Å²) < 4.78 is 55.1. The third-order valence-corrected chi connectivity index (χ3v) is 4.50. The van der Waals surface area contributed by atoms with Crippen molar-refractivity contribution in [3.05, 3.63) is 58.6 Å². The highest BCUT2D eigenvalue weighted by atomic mass is 35.5. The fourth-order valence-corrected chi connectivity index (χ4v) is 3.14. The maximum absolute atomic E-state index is 12.5. The molecule has 1 aromatic heterocycles. The van der Waals surface area contributed by atoms with Gasteiger partial charge in [0.1, 0.15) is 11.3 Å². The van der Waals surface area contributed by atoms with Crippen molar-refractivity contribution >= 4 is 33.9 Å². The lowest BCUT2D eigenvalue weighted by molar-refractivity contribution is -0.137. The molecule has 23 heavy (non-hydrogen) atoms. The van der Waals surface area contributed by atoms with Crippen LogP contribution in [0.3, 0.4) is 0 Å². The Morgan fingerprint density at radius 2 is 1.83 bits per heavy atom. The molecule has 3 aromatic rings. The van der Waals surface area contributed by atoms with Crippen LogP contribution in [-0.2, 0) is 23.1 Å². The molecule has 0 radical (unpaired) electrons. The highest BCUT2D eigenvalue weighted by Gasteiger charge is 2.30. The first-order valence-corrected chi connectivity index (χ1v) is 8.13. The van der Waals surface area contributed by atoms with Crippen LogP contribution in [-0.4, -0.2) is 9.54 Å². The number of halogens is 4. The van der Waals surface area contributed by atoms with Crippen molar-refractivity contribution < 1.29 is 22.1 Å². The molecular weight excluding hydrogens is 351 g/mol. The van der Waals surface area contributed by atoms with E-state index in [-0.39, 0.29) is 11.0 Å². The first-order chi connectivity index (χ1) is 10.8. The van der Waals surface area contributed by atoms with Gasteiger partial charge in [-0.2, -0.15) is 18.2 Å². The van der Waals surface area contributed by atoms with E-state index in [1.807, 2.05) is 0 Å². The number of alkyl halides is 3. The van der Waals surface area contributed by atoms with E-state index in [4.69, 9.17) is 16.0 Å². The number of benzene rings is 2. The maximum Gasteiger partial charge on any atom is 0.416 e. The molecule has 0 bridgehead atoms. The second kappa shape index (κ2) is 6.07. The van der Waals surface area contributed by atoms with Crippen LogP contribution in [0, 0.1) is 0 Å². The Morgan fingerprint density at radius 3 is 2.48 bits per heavy atom. The number of oxazole rings is 1. The normalized spacial score (nSPS) is 13.4. The molecule has 0 aliphatic carbocycles. The molecule has 3 nitrogen and oxygen atoms in total. The molecule has 8 heteroatoms. The predicted molar refractivity (Wildman–Crippen MR) is 80.6 cm³/mol. The van der Waals surface area contributed by atoms with Crippen molar-refractivity contribution in [2.75, 3.05) is 0 Å². The topological polar surface area (TPSA) is 49.1 Å². The molecule has 0 aliphatic heterocycles. The Morgan fingerprint density at radius 1 is 1.13 bits per heavy atom. The van der Waals surface area contributed by atoms with E-state index in [0.717, 1.165) is 12.1 Å². The van der Waals surface area contributed by atoms with Crippen molar-refractivity contribution in [3.63, 3.8) is 0 Å². The van der Waals surface area contributed by atoms with Gasteiger partial charge >= 0.3 is 11.4 Å². The fraction of sp³-hybridized carbons (Fsp3) is 0.133. The molecule has 0 saturated heterocycles. The minimum absolute atomic E-state index is 0.0126. The van der Waals surface area contributed by atoms with Gasteiger partial charge in [-0.3, -0.25) is 0 Å². The van der Waals surface area contributed by atoms with Crippen LogP contribution >= 0.6 is 11.6 Å². The number of rotatable bonds is 3. The highest BCUT2D eigenvalue weighted by molar-refractivity contribution is 7.90. The van der Waals surface area contributed by atoms with E-state index >= 15 is 0 Å². The van der Waals surface area contributed by atoms with Crippen LogP contribution in [0.2, 0.25) is 5.02 Å². The molecule has 1 unspecified atom stereocenters. The average molecular weight is 360 g/mol. The Hall–Kier alpha value is -1.70. The minimum Gasteiger partial charge on any atom is -0.607 e. The summed E-state index contributed by atoms with van der Waals surface area (Å²) in [6.07, 6.45) is -4.39. The van der Waals surface area contributed by atoms with Crippen LogP contribution in [0.4, 0.5) is 13.2 Å². The van der Waals surface area contributed by atoms with E-state index < -0.39 is 22.9 Å². The van der Waals surface area contributed by atoms with Gasteiger partial charge in [-0.25, -0.2) is 0 Å². The Balaban J connectivity index is 1.78. The van der Waals surface area contributed by atoms with Crippen LogP contribution in [0.1, 0.15) is 11.1 Å². The van der Waals surface area contributed by atoms with Crippen LogP contribution < -0.4 is 0 Å². The summed E-state index contributed by atoms with van der Waals surface area (Å²) in [5.41, 5.74) is 0.679. The zero-order valence-electron chi connectivity index (χ0n) is 11.4. The van der Waals surface area contributed by atoms with Crippen LogP contribution in [0.5, 0.6) is 0 Å². The number of fused-ring (bicyclic) bond motifs is 1. The average Bonchev–Trinajstić information content (AvgIpc) is 2.90. The molecular formula is C15H9ClF3NO2S. The number of hydrogen-bond donors (Lipinski definition) is 0. The van der Waals surface area contributed by atoms with Gasteiger partial charge in [-0.1, -0.05) is 23.7 Å². The van der Waals surface area contributed by atoms with E-state index in [2.05, 4.69) is 4.98 Å². The molecule has 0 saturated carbocycles. The Bertz CT molecular complexity index is 833. The summed E-state index contributed by atoms with van der Waals surface area (Å²) in [6.45, 7) is 0. The lowest BCUT2D eigenvalue weighted by atomic mass is 10.1. The first-order valence-electron chi connectivity index (χ1n) is 6.43. The van der Waals surface area contributed by atoms with Gasteiger partial charge in [0, 0.05) is 16.7 Å². The number of hydrogen-bond acceptors (Lipinski definition) is 3. The zero-order chi connectivity index (χ0) is 16.6. The van der Waals surface area contributed by atoms with E-state index in [1.165, 1.54) is 12.1 Å². The minimum atomic E-state index is -4.39. The van der Waals surface area contributed by atoms with Crippen molar-refractivity contribution in [1.82, 2.24) is 4.98 Å². The second-order valence-electron chi connectivity index (χ2n) is 4.78.